The van der Waals surface area contributed by atoms with E-state index in [9.17, 15) is 14.0 Å². The van der Waals surface area contributed by atoms with E-state index in [0.29, 0.717) is 29.5 Å². The molecule has 1 atom stereocenters. The van der Waals surface area contributed by atoms with Crippen LogP contribution in [-0.4, -0.2) is 28.2 Å². The predicted octanol–water partition coefficient (Wildman–Crippen LogP) is 6.46. The molecule has 1 N–H and O–H groups in total. The van der Waals surface area contributed by atoms with Gasteiger partial charge in [-0.1, -0.05) is 61.4 Å². The minimum atomic E-state index is -0.311. The molecule has 2 amide bonds. The number of benzene rings is 3. The van der Waals surface area contributed by atoms with Crippen LogP contribution in [0, 0.1) is 11.7 Å². The highest BCUT2D eigenvalue weighted by Gasteiger charge is 2.36. The van der Waals surface area contributed by atoms with Crippen molar-refractivity contribution in [3.8, 4) is 5.75 Å². The van der Waals surface area contributed by atoms with E-state index in [4.69, 9.17) is 4.74 Å². The van der Waals surface area contributed by atoms with Gasteiger partial charge in [-0.15, -0.1) is 11.3 Å². The second-order valence-electron chi connectivity index (χ2n) is 10.7. The molecule has 1 unspecified atom stereocenters. The molecule has 1 saturated carbocycles. The molecule has 1 aromatic heterocycles. The molecule has 0 bridgehead atoms. The maximum atomic E-state index is 13.6. The number of ether oxygens (including phenoxy) is 1. The molecule has 2 aliphatic rings. The lowest BCUT2D eigenvalue weighted by molar-refractivity contribution is -0.137. The molecule has 41 heavy (non-hydrogen) atoms. The number of carbonyl (C=O) groups is 2. The summed E-state index contributed by atoms with van der Waals surface area (Å²) in [4.78, 5) is 32.7. The van der Waals surface area contributed by atoms with Crippen molar-refractivity contribution in [1.29, 1.82) is 0 Å². The first-order valence-corrected chi connectivity index (χ1v) is 15.0. The van der Waals surface area contributed by atoms with Crippen LogP contribution in [-0.2, 0) is 24.4 Å². The molecule has 6 rings (SSSR count). The van der Waals surface area contributed by atoms with Crippen LogP contribution < -0.4 is 10.1 Å². The molecule has 3 aromatic carbocycles. The lowest BCUT2D eigenvalue weighted by Gasteiger charge is -2.39. The van der Waals surface area contributed by atoms with Gasteiger partial charge in [0.05, 0.1) is 6.04 Å². The third-order valence-corrected chi connectivity index (χ3v) is 8.78. The van der Waals surface area contributed by atoms with Crippen molar-refractivity contribution in [3.63, 3.8) is 0 Å². The molecular weight excluding hydrogens is 537 g/mol. The number of amides is 2. The highest BCUT2D eigenvalue weighted by atomic mass is 32.1. The first kappa shape index (κ1) is 27.1. The van der Waals surface area contributed by atoms with Gasteiger partial charge in [-0.25, -0.2) is 9.37 Å². The number of rotatable bonds is 8. The second-order valence-corrected chi connectivity index (χ2v) is 11.6. The van der Waals surface area contributed by atoms with Crippen LogP contribution in [0.2, 0.25) is 0 Å². The summed E-state index contributed by atoms with van der Waals surface area (Å²) in [6.45, 7) is 1.24. The van der Waals surface area contributed by atoms with E-state index in [1.54, 1.807) is 17.5 Å². The van der Waals surface area contributed by atoms with Gasteiger partial charge >= 0.3 is 0 Å². The number of nitrogens with zero attached hydrogens (tertiary/aromatic N) is 2. The maximum absolute atomic E-state index is 13.6. The molecule has 0 spiro atoms. The molecule has 0 saturated heterocycles. The van der Waals surface area contributed by atoms with Gasteiger partial charge in [0.25, 0.3) is 5.91 Å². The zero-order valence-corrected chi connectivity index (χ0v) is 23.5. The summed E-state index contributed by atoms with van der Waals surface area (Å²) < 4.78 is 19.3. The molecule has 210 valence electrons. The van der Waals surface area contributed by atoms with Gasteiger partial charge in [-0.2, -0.15) is 0 Å². The third kappa shape index (κ3) is 6.17. The maximum Gasteiger partial charge on any atom is 0.271 e. The second kappa shape index (κ2) is 12.2. The first-order valence-electron chi connectivity index (χ1n) is 14.1. The number of hydrogen-bond donors (Lipinski definition) is 1. The molecule has 2 heterocycles. The van der Waals surface area contributed by atoms with Gasteiger partial charge in [0.15, 0.2) is 0 Å². The highest BCUT2D eigenvalue weighted by Crippen LogP contribution is 2.39. The Bertz CT molecular complexity index is 1520. The van der Waals surface area contributed by atoms with Crippen LogP contribution in [0.1, 0.15) is 69.5 Å². The van der Waals surface area contributed by atoms with Gasteiger partial charge in [0.1, 0.15) is 28.9 Å². The molecule has 1 aliphatic heterocycles. The Morgan fingerprint density at radius 3 is 2.59 bits per heavy atom. The predicted molar refractivity (Wildman–Crippen MR) is 156 cm³/mol. The average Bonchev–Trinajstić information content (AvgIpc) is 3.72. The SMILES string of the molecule is O=C(NCc1ccc(F)cc1)c1csc(COc2ccc3c(c2)C(c2ccccc2)N(C(=O)C2CCCC2)CC3)n1. The number of thiazole rings is 1. The molecule has 0 radical (unpaired) electrons. The van der Waals surface area contributed by atoms with Crippen molar-refractivity contribution >= 4 is 23.2 Å². The molecule has 4 aromatic rings. The smallest absolute Gasteiger partial charge is 0.271 e. The monoisotopic (exact) mass is 569 g/mol. The van der Waals surface area contributed by atoms with E-state index in [2.05, 4.69) is 39.5 Å². The largest absolute Gasteiger partial charge is 0.486 e. The third-order valence-electron chi connectivity index (χ3n) is 7.96. The topological polar surface area (TPSA) is 71.5 Å². The quantitative estimate of drug-likeness (QED) is 0.265. The Labute approximate surface area is 243 Å². The molecular formula is C33H32FN3O3S. The lowest BCUT2D eigenvalue weighted by atomic mass is 9.87. The van der Waals surface area contributed by atoms with Crippen LogP contribution in [0.4, 0.5) is 4.39 Å². The Hall–Kier alpha value is -4.04. The summed E-state index contributed by atoms with van der Waals surface area (Å²) in [5, 5.41) is 5.22. The summed E-state index contributed by atoms with van der Waals surface area (Å²) in [6, 6.07) is 22.3. The Kier molecular flexibility index (Phi) is 8.09. The van der Waals surface area contributed by atoms with Crippen molar-refractivity contribution in [2.45, 2.75) is 51.3 Å². The van der Waals surface area contributed by atoms with Crippen LogP contribution in [0.25, 0.3) is 0 Å². The lowest BCUT2D eigenvalue weighted by Crippen LogP contribution is -2.43. The summed E-state index contributed by atoms with van der Waals surface area (Å²) in [5.74, 6) is 0.491. The first-order chi connectivity index (χ1) is 20.0. The van der Waals surface area contributed by atoms with Crippen LogP contribution in [0.3, 0.4) is 0 Å². The van der Waals surface area contributed by atoms with Gasteiger partial charge in [-0.05, 0) is 65.8 Å². The van der Waals surface area contributed by atoms with E-state index in [-0.39, 0.29) is 36.2 Å². The fourth-order valence-corrected chi connectivity index (χ4v) is 6.51. The van der Waals surface area contributed by atoms with Crippen LogP contribution in [0.15, 0.2) is 78.2 Å². The molecule has 1 fully saturated rings. The Balaban J connectivity index is 1.15. The van der Waals surface area contributed by atoms with E-state index < -0.39 is 0 Å². The highest BCUT2D eigenvalue weighted by molar-refractivity contribution is 7.09. The summed E-state index contributed by atoms with van der Waals surface area (Å²) in [5.41, 5.74) is 4.57. The standard InChI is InChI=1S/C33H32FN3O3S/c34-26-13-10-22(11-14-26)19-35-32(38)29-21-41-30(36-29)20-40-27-15-12-23-16-17-37(33(39)25-8-4-5-9-25)31(28(23)18-27)24-6-2-1-3-7-24/h1-3,6-7,10-15,18,21,25,31H,4-5,8-9,16-17,19-20H2,(H,35,38). The van der Waals surface area contributed by atoms with E-state index in [0.717, 1.165) is 48.8 Å². The zero-order chi connectivity index (χ0) is 28.2. The van der Waals surface area contributed by atoms with Gasteiger partial charge < -0.3 is 15.0 Å². The number of hydrogen-bond acceptors (Lipinski definition) is 5. The summed E-state index contributed by atoms with van der Waals surface area (Å²) >= 11 is 1.37. The fourth-order valence-electron chi connectivity index (χ4n) is 5.82. The van der Waals surface area contributed by atoms with Crippen molar-refractivity contribution in [3.05, 3.63) is 117 Å². The molecule has 8 heteroatoms. The minimum Gasteiger partial charge on any atom is -0.486 e. The van der Waals surface area contributed by atoms with Crippen LogP contribution in [0.5, 0.6) is 5.75 Å². The number of carbonyl (C=O) groups excluding carboxylic acids is 2. The average molecular weight is 570 g/mol. The summed E-state index contributed by atoms with van der Waals surface area (Å²) in [6.07, 6.45) is 5.03. The number of aromatic nitrogens is 1. The summed E-state index contributed by atoms with van der Waals surface area (Å²) in [7, 11) is 0. The minimum absolute atomic E-state index is 0.120. The van der Waals surface area contributed by atoms with E-state index in [1.165, 1.54) is 29.0 Å². The van der Waals surface area contributed by atoms with Gasteiger partial charge in [-0.3, -0.25) is 9.59 Å². The van der Waals surface area contributed by atoms with Crippen molar-refractivity contribution < 1.29 is 18.7 Å². The zero-order valence-electron chi connectivity index (χ0n) is 22.7. The van der Waals surface area contributed by atoms with Gasteiger partial charge in [0.2, 0.25) is 5.91 Å². The molecule has 1 aliphatic carbocycles. The number of halogens is 1. The Morgan fingerprint density at radius 1 is 1.02 bits per heavy atom. The molecule has 6 nitrogen and oxygen atoms in total. The Morgan fingerprint density at radius 2 is 1.80 bits per heavy atom. The van der Waals surface area contributed by atoms with E-state index >= 15 is 0 Å². The number of fused-ring (bicyclic) bond motifs is 1. The van der Waals surface area contributed by atoms with Gasteiger partial charge in [0, 0.05) is 24.4 Å². The van der Waals surface area contributed by atoms with Crippen molar-refractivity contribution in [1.82, 2.24) is 15.2 Å². The number of nitrogens with one attached hydrogen (secondary N) is 1. The van der Waals surface area contributed by atoms with Crippen LogP contribution >= 0.6 is 11.3 Å². The fraction of sp³-hybridized carbons (Fsp3) is 0.303. The van der Waals surface area contributed by atoms with Crippen molar-refractivity contribution in [2.75, 3.05) is 6.54 Å². The normalized spacial score (nSPS) is 16.8. The van der Waals surface area contributed by atoms with Crippen molar-refractivity contribution in [2.24, 2.45) is 5.92 Å². The van der Waals surface area contributed by atoms with E-state index in [1.807, 2.05) is 24.3 Å².